The van der Waals surface area contributed by atoms with Crippen LogP contribution in [0.4, 0.5) is 11.6 Å². The summed E-state index contributed by atoms with van der Waals surface area (Å²) < 4.78 is 4.95. The first-order chi connectivity index (χ1) is 8.15. The lowest BCUT2D eigenvalue weighted by molar-refractivity contribution is 0.164. The van der Waals surface area contributed by atoms with Crippen LogP contribution < -0.4 is 11.1 Å². The van der Waals surface area contributed by atoms with Gasteiger partial charge in [0.05, 0.1) is 6.10 Å². The average molecular weight is 240 g/mol. The molecule has 1 atom stereocenters. The molecule has 4 N–H and O–H groups in total. The maximum Gasteiger partial charge on any atom is 0.158 e. The van der Waals surface area contributed by atoms with Crippen molar-refractivity contribution < 1.29 is 9.84 Å². The molecular formula is C11H20N4O2. The molecule has 0 aromatic carbocycles. The van der Waals surface area contributed by atoms with Crippen molar-refractivity contribution in [1.29, 1.82) is 0 Å². The number of hydrogen-bond acceptors (Lipinski definition) is 6. The molecule has 6 nitrogen and oxygen atoms in total. The van der Waals surface area contributed by atoms with Gasteiger partial charge in [0, 0.05) is 19.7 Å². The molecule has 0 aliphatic rings. The molecule has 1 aromatic heterocycles. The molecule has 1 unspecified atom stereocenters. The van der Waals surface area contributed by atoms with Crippen LogP contribution in [0.15, 0.2) is 6.07 Å². The lowest BCUT2D eigenvalue weighted by Gasteiger charge is -2.10. The third-order valence-electron chi connectivity index (χ3n) is 2.32. The van der Waals surface area contributed by atoms with E-state index in [1.54, 1.807) is 13.2 Å². The molecule has 17 heavy (non-hydrogen) atoms. The number of ether oxygens (including phenoxy) is 1. The summed E-state index contributed by atoms with van der Waals surface area (Å²) in [6, 6.07) is 1.66. The van der Waals surface area contributed by atoms with Gasteiger partial charge in [-0.05, 0) is 12.8 Å². The molecule has 1 rings (SSSR count). The molecule has 1 aromatic rings. The number of rotatable bonds is 7. The SMILES string of the molecule is CCC(O)CCNc1cc(N)nc(COC)n1. The number of aromatic nitrogens is 2. The Hall–Kier alpha value is -1.40. The molecule has 96 valence electrons. The van der Waals surface area contributed by atoms with Crippen LogP contribution in [0.5, 0.6) is 0 Å². The molecule has 0 bridgehead atoms. The zero-order valence-electron chi connectivity index (χ0n) is 10.3. The summed E-state index contributed by atoms with van der Waals surface area (Å²) >= 11 is 0. The second-order valence-corrected chi connectivity index (χ2v) is 3.80. The highest BCUT2D eigenvalue weighted by molar-refractivity contribution is 5.44. The zero-order chi connectivity index (χ0) is 12.7. The summed E-state index contributed by atoms with van der Waals surface area (Å²) in [5.41, 5.74) is 5.65. The summed E-state index contributed by atoms with van der Waals surface area (Å²) in [5, 5.41) is 12.5. The summed E-state index contributed by atoms with van der Waals surface area (Å²) in [5.74, 6) is 1.62. The van der Waals surface area contributed by atoms with Crippen molar-refractivity contribution in [3.05, 3.63) is 11.9 Å². The second-order valence-electron chi connectivity index (χ2n) is 3.80. The van der Waals surface area contributed by atoms with Gasteiger partial charge in [-0.25, -0.2) is 9.97 Å². The highest BCUT2D eigenvalue weighted by Crippen LogP contribution is 2.09. The third kappa shape index (κ3) is 4.97. The van der Waals surface area contributed by atoms with E-state index in [0.29, 0.717) is 37.0 Å². The standard InChI is InChI=1S/C11H20N4O2/c1-3-8(16)4-5-13-10-6-9(12)14-11(15-10)7-17-2/h6,8,16H,3-5,7H2,1-2H3,(H3,12,13,14,15). The summed E-state index contributed by atoms with van der Waals surface area (Å²) in [7, 11) is 1.58. The number of nitrogens with zero attached hydrogens (tertiary/aromatic N) is 2. The average Bonchev–Trinajstić information content (AvgIpc) is 2.28. The third-order valence-corrected chi connectivity index (χ3v) is 2.32. The Labute approximate surface area is 101 Å². The van der Waals surface area contributed by atoms with E-state index in [0.717, 1.165) is 6.42 Å². The van der Waals surface area contributed by atoms with Gasteiger partial charge in [-0.3, -0.25) is 0 Å². The quantitative estimate of drug-likeness (QED) is 0.652. The van der Waals surface area contributed by atoms with Crippen LogP contribution in [0.2, 0.25) is 0 Å². The van der Waals surface area contributed by atoms with Gasteiger partial charge in [0.1, 0.15) is 18.2 Å². The maximum atomic E-state index is 9.41. The monoisotopic (exact) mass is 240 g/mol. The van der Waals surface area contributed by atoms with Crippen molar-refractivity contribution in [2.45, 2.75) is 32.5 Å². The van der Waals surface area contributed by atoms with Crippen LogP contribution in [0.1, 0.15) is 25.6 Å². The minimum absolute atomic E-state index is 0.278. The highest BCUT2D eigenvalue weighted by Gasteiger charge is 2.04. The Morgan fingerprint density at radius 1 is 1.53 bits per heavy atom. The van der Waals surface area contributed by atoms with Crippen molar-refractivity contribution in [3.63, 3.8) is 0 Å². The summed E-state index contributed by atoms with van der Waals surface area (Å²) in [6.45, 7) is 2.93. The number of anilines is 2. The molecule has 0 aliphatic heterocycles. The fourth-order valence-corrected chi connectivity index (χ4v) is 1.37. The van der Waals surface area contributed by atoms with Gasteiger partial charge >= 0.3 is 0 Å². The van der Waals surface area contributed by atoms with Crippen molar-refractivity contribution in [2.75, 3.05) is 24.7 Å². The lowest BCUT2D eigenvalue weighted by atomic mass is 10.2. The number of nitrogens with one attached hydrogen (secondary N) is 1. The van der Waals surface area contributed by atoms with Crippen molar-refractivity contribution in [2.24, 2.45) is 0 Å². The second kappa shape index (κ2) is 7.03. The van der Waals surface area contributed by atoms with Crippen LogP contribution >= 0.6 is 0 Å². The van der Waals surface area contributed by atoms with Crippen molar-refractivity contribution in [1.82, 2.24) is 9.97 Å². The highest BCUT2D eigenvalue weighted by atomic mass is 16.5. The Morgan fingerprint density at radius 2 is 2.29 bits per heavy atom. The molecule has 0 aliphatic carbocycles. The van der Waals surface area contributed by atoms with E-state index >= 15 is 0 Å². The van der Waals surface area contributed by atoms with Crippen molar-refractivity contribution in [3.8, 4) is 0 Å². The number of nitrogens with two attached hydrogens (primary N) is 1. The largest absolute Gasteiger partial charge is 0.393 e. The van der Waals surface area contributed by atoms with Crippen LogP contribution in [-0.2, 0) is 11.3 Å². The van der Waals surface area contributed by atoms with Gasteiger partial charge in [-0.1, -0.05) is 6.92 Å². The first-order valence-corrected chi connectivity index (χ1v) is 5.70. The maximum absolute atomic E-state index is 9.41. The van der Waals surface area contributed by atoms with Gasteiger partial charge in [-0.2, -0.15) is 0 Å². The first-order valence-electron chi connectivity index (χ1n) is 5.70. The van der Waals surface area contributed by atoms with Gasteiger partial charge < -0.3 is 20.9 Å². The minimum atomic E-state index is -0.278. The zero-order valence-corrected chi connectivity index (χ0v) is 10.3. The first kappa shape index (κ1) is 13.7. The summed E-state index contributed by atoms with van der Waals surface area (Å²) in [6.07, 6.45) is 1.16. The van der Waals surface area contributed by atoms with E-state index < -0.39 is 0 Å². The summed E-state index contributed by atoms with van der Waals surface area (Å²) in [4.78, 5) is 8.27. The molecule has 0 fully saturated rings. The smallest absolute Gasteiger partial charge is 0.158 e. The fraction of sp³-hybridized carbons (Fsp3) is 0.636. The number of hydrogen-bond donors (Lipinski definition) is 3. The normalized spacial score (nSPS) is 12.4. The van der Waals surface area contributed by atoms with Crippen LogP contribution in [-0.4, -0.2) is 34.8 Å². The molecule has 0 saturated carbocycles. The number of aliphatic hydroxyl groups excluding tert-OH is 1. The number of aliphatic hydroxyl groups is 1. The van der Waals surface area contributed by atoms with E-state index in [-0.39, 0.29) is 6.10 Å². The predicted molar refractivity (Wildman–Crippen MR) is 66.6 cm³/mol. The number of nitrogen functional groups attached to an aromatic ring is 1. The van der Waals surface area contributed by atoms with Crippen LogP contribution in [0.25, 0.3) is 0 Å². The number of methoxy groups -OCH3 is 1. The Balaban J connectivity index is 2.52. The Morgan fingerprint density at radius 3 is 2.94 bits per heavy atom. The Bertz CT molecular complexity index is 346. The van der Waals surface area contributed by atoms with E-state index in [4.69, 9.17) is 10.5 Å². The molecule has 0 saturated heterocycles. The lowest BCUT2D eigenvalue weighted by Crippen LogP contribution is -2.14. The van der Waals surface area contributed by atoms with E-state index in [1.807, 2.05) is 6.92 Å². The van der Waals surface area contributed by atoms with Gasteiger partial charge in [0.25, 0.3) is 0 Å². The topological polar surface area (TPSA) is 93.3 Å². The van der Waals surface area contributed by atoms with Gasteiger partial charge in [0.15, 0.2) is 5.82 Å². The van der Waals surface area contributed by atoms with Crippen LogP contribution in [0, 0.1) is 0 Å². The van der Waals surface area contributed by atoms with E-state index in [2.05, 4.69) is 15.3 Å². The molecular weight excluding hydrogens is 220 g/mol. The fourth-order valence-electron chi connectivity index (χ4n) is 1.37. The molecule has 6 heteroatoms. The molecule has 0 amide bonds. The van der Waals surface area contributed by atoms with Gasteiger partial charge in [-0.15, -0.1) is 0 Å². The predicted octanol–water partition coefficient (Wildman–Crippen LogP) is 0.778. The minimum Gasteiger partial charge on any atom is -0.393 e. The Kier molecular flexibility index (Phi) is 5.65. The molecule has 0 spiro atoms. The molecule has 1 heterocycles. The van der Waals surface area contributed by atoms with E-state index in [1.165, 1.54) is 0 Å². The van der Waals surface area contributed by atoms with Crippen molar-refractivity contribution >= 4 is 11.6 Å². The van der Waals surface area contributed by atoms with Gasteiger partial charge in [0.2, 0.25) is 0 Å². The molecule has 0 radical (unpaired) electrons. The van der Waals surface area contributed by atoms with Crippen LogP contribution in [0.3, 0.4) is 0 Å². The van der Waals surface area contributed by atoms with E-state index in [9.17, 15) is 5.11 Å².